The Bertz CT molecular complexity index is 1670. The van der Waals surface area contributed by atoms with Crippen LogP contribution in [0.5, 0.6) is 0 Å². The molecule has 0 fully saturated rings. The summed E-state index contributed by atoms with van der Waals surface area (Å²) in [5.74, 6) is 0. The second-order valence-corrected chi connectivity index (χ2v) is 8.29. The Balaban J connectivity index is 1.66. The van der Waals surface area contributed by atoms with Crippen molar-refractivity contribution in [1.82, 2.24) is 24.4 Å². The summed E-state index contributed by atoms with van der Waals surface area (Å²) in [6, 6.07) is 16.8. The Kier molecular flexibility index (Phi) is 5.78. The molecule has 0 radical (unpaired) electrons. The fraction of sp³-hybridized carbons (Fsp3) is 0.0800. The van der Waals surface area contributed by atoms with Crippen LogP contribution < -0.4 is 5.69 Å². The van der Waals surface area contributed by atoms with E-state index >= 15 is 0 Å². The van der Waals surface area contributed by atoms with Crippen LogP contribution in [0.1, 0.15) is 16.8 Å². The number of nitrogens with zero attached hydrogens (tertiary/aromatic N) is 6. The van der Waals surface area contributed by atoms with Crippen LogP contribution in [-0.2, 0) is 12.7 Å². The summed E-state index contributed by atoms with van der Waals surface area (Å²) >= 11 is 6.04. The van der Waals surface area contributed by atoms with Crippen molar-refractivity contribution >= 4 is 17.2 Å². The Hall–Kier alpha value is -4.49. The third-order valence-corrected chi connectivity index (χ3v) is 5.80. The lowest BCUT2D eigenvalue weighted by molar-refractivity contribution is -0.137. The molecule has 5 aromatic rings. The van der Waals surface area contributed by atoms with Gasteiger partial charge in [-0.1, -0.05) is 35.9 Å². The van der Waals surface area contributed by atoms with Crippen LogP contribution in [0.15, 0.2) is 77.9 Å². The first-order valence-corrected chi connectivity index (χ1v) is 10.9. The minimum absolute atomic E-state index is 0.0539. The van der Waals surface area contributed by atoms with E-state index in [4.69, 9.17) is 16.9 Å². The number of nitriles is 1. The smallest absolute Gasteiger partial charge is 0.245 e. The van der Waals surface area contributed by atoms with Crippen LogP contribution in [0.2, 0.25) is 5.02 Å². The molecule has 3 aromatic heterocycles. The average molecular weight is 507 g/mol. The normalized spacial score (nSPS) is 11.5. The van der Waals surface area contributed by atoms with Gasteiger partial charge in [0.25, 0.3) is 0 Å². The van der Waals surface area contributed by atoms with Crippen molar-refractivity contribution in [3.05, 3.63) is 105 Å². The van der Waals surface area contributed by atoms with Gasteiger partial charge in [-0.15, -0.1) is 5.10 Å². The van der Waals surface area contributed by atoms with Crippen LogP contribution in [0, 0.1) is 11.3 Å². The zero-order chi connectivity index (χ0) is 25.4. The molecule has 0 saturated carbocycles. The fourth-order valence-electron chi connectivity index (χ4n) is 3.78. The molecule has 11 heteroatoms. The molecule has 0 N–H and O–H groups in total. The van der Waals surface area contributed by atoms with Crippen molar-refractivity contribution < 1.29 is 13.2 Å². The first kappa shape index (κ1) is 23.3. The molecule has 0 amide bonds. The SMILES string of the molecule is N#Cc1ccc(-c2c(-c3ccc(Cl)cc3)cnn3c(=O)n(Cc4ccc(C(F)(F)F)cc4)nc23)cn1. The lowest BCUT2D eigenvalue weighted by atomic mass is 9.98. The van der Waals surface area contributed by atoms with Gasteiger partial charge in [0.05, 0.1) is 18.3 Å². The molecule has 2 aromatic carbocycles. The number of pyridine rings is 1. The van der Waals surface area contributed by atoms with E-state index in [1.165, 1.54) is 24.5 Å². The molecule has 3 heterocycles. The minimum atomic E-state index is -4.45. The van der Waals surface area contributed by atoms with Crippen LogP contribution in [0.4, 0.5) is 13.2 Å². The van der Waals surface area contributed by atoms with Gasteiger partial charge in [0.15, 0.2) is 5.65 Å². The third-order valence-electron chi connectivity index (χ3n) is 5.55. The molecule has 0 aliphatic carbocycles. The van der Waals surface area contributed by atoms with E-state index in [0.29, 0.717) is 27.3 Å². The summed E-state index contributed by atoms with van der Waals surface area (Å²) in [5, 5.41) is 18.4. The number of fused-ring (bicyclic) bond motifs is 1. The molecular formula is C25H14ClF3N6O. The summed E-state index contributed by atoms with van der Waals surface area (Å²) in [6.07, 6.45) is -1.42. The number of rotatable bonds is 4. The predicted molar refractivity (Wildman–Crippen MR) is 126 cm³/mol. The molecule has 0 atom stereocenters. The van der Waals surface area contributed by atoms with E-state index in [0.717, 1.165) is 26.9 Å². The number of hydrogen-bond donors (Lipinski definition) is 0. The Morgan fingerprint density at radius 2 is 1.64 bits per heavy atom. The van der Waals surface area contributed by atoms with E-state index in [-0.39, 0.29) is 17.9 Å². The summed E-state index contributed by atoms with van der Waals surface area (Å²) in [6.45, 7) is -0.0539. The predicted octanol–water partition coefficient (Wildman–Crippen LogP) is 5.21. The van der Waals surface area contributed by atoms with Gasteiger partial charge in [0.1, 0.15) is 11.8 Å². The largest absolute Gasteiger partial charge is 0.416 e. The van der Waals surface area contributed by atoms with Gasteiger partial charge < -0.3 is 0 Å². The van der Waals surface area contributed by atoms with Crippen LogP contribution >= 0.6 is 11.6 Å². The first-order chi connectivity index (χ1) is 17.2. The number of halogens is 4. The molecule has 0 bridgehead atoms. The molecule has 0 saturated heterocycles. The van der Waals surface area contributed by atoms with Crippen molar-refractivity contribution in [2.75, 3.05) is 0 Å². The molecule has 5 rings (SSSR count). The van der Waals surface area contributed by atoms with E-state index in [9.17, 15) is 18.0 Å². The maximum absolute atomic E-state index is 13.1. The summed E-state index contributed by atoms with van der Waals surface area (Å²) in [4.78, 5) is 17.2. The average Bonchev–Trinajstić information content (AvgIpc) is 3.19. The van der Waals surface area contributed by atoms with Gasteiger partial charge in [-0.2, -0.15) is 28.0 Å². The van der Waals surface area contributed by atoms with Gasteiger partial charge in [0.2, 0.25) is 0 Å². The molecular weight excluding hydrogens is 493 g/mol. The zero-order valence-electron chi connectivity index (χ0n) is 18.2. The van der Waals surface area contributed by atoms with Crippen LogP contribution in [-0.4, -0.2) is 24.4 Å². The highest BCUT2D eigenvalue weighted by Gasteiger charge is 2.30. The Labute approximate surface area is 206 Å². The highest BCUT2D eigenvalue weighted by atomic mass is 35.5. The van der Waals surface area contributed by atoms with Crippen molar-refractivity contribution in [2.24, 2.45) is 0 Å². The van der Waals surface area contributed by atoms with Crippen molar-refractivity contribution in [1.29, 1.82) is 5.26 Å². The van der Waals surface area contributed by atoms with Gasteiger partial charge in [-0.05, 0) is 47.5 Å². The summed E-state index contributed by atoms with van der Waals surface area (Å²) in [5.41, 5.74) is 2.14. The quantitative estimate of drug-likeness (QED) is 0.334. The van der Waals surface area contributed by atoms with E-state index in [2.05, 4.69) is 15.2 Å². The Morgan fingerprint density at radius 1 is 0.944 bits per heavy atom. The van der Waals surface area contributed by atoms with Gasteiger partial charge in [-0.25, -0.2) is 14.5 Å². The topological polar surface area (TPSA) is 88.9 Å². The first-order valence-electron chi connectivity index (χ1n) is 10.5. The maximum Gasteiger partial charge on any atom is 0.416 e. The molecule has 178 valence electrons. The lowest BCUT2D eigenvalue weighted by Crippen LogP contribution is -2.23. The van der Waals surface area contributed by atoms with Crippen molar-refractivity contribution in [3.63, 3.8) is 0 Å². The Morgan fingerprint density at radius 3 is 2.25 bits per heavy atom. The van der Waals surface area contributed by atoms with Gasteiger partial charge in [0, 0.05) is 27.9 Å². The molecule has 0 unspecified atom stereocenters. The van der Waals surface area contributed by atoms with Gasteiger partial charge in [-0.3, -0.25) is 0 Å². The highest BCUT2D eigenvalue weighted by molar-refractivity contribution is 6.30. The van der Waals surface area contributed by atoms with E-state index < -0.39 is 17.4 Å². The third kappa shape index (κ3) is 4.32. The molecule has 0 aliphatic rings. The van der Waals surface area contributed by atoms with E-state index in [1.54, 1.807) is 36.4 Å². The molecule has 0 spiro atoms. The minimum Gasteiger partial charge on any atom is -0.245 e. The molecule has 7 nitrogen and oxygen atoms in total. The maximum atomic E-state index is 13.1. The zero-order valence-corrected chi connectivity index (χ0v) is 19.0. The van der Waals surface area contributed by atoms with Crippen LogP contribution in [0.25, 0.3) is 27.9 Å². The number of hydrogen-bond acceptors (Lipinski definition) is 5. The van der Waals surface area contributed by atoms with Gasteiger partial charge >= 0.3 is 11.9 Å². The fourth-order valence-corrected chi connectivity index (χ4v) is 3.90. The van der Waals surface area contributed by atoms with Crippen molar-refractivity contribution in [2.45, 2.75) is 12.7 Å². The summed E-state index contributed by atoms with van der Waals surface area (Å²) in [7, 11) is 0. The lowest BCUT2D eigenvalue weighted by Gasteiger charge is -2.10. The second-order valence-electron chi connectivity index (χ2n) is 7.85. The number of alkyl halides is 3. The second kappa shape index (κ2) is 8.94. The van der Waals surface area contributed by atoms with Crippen molar-refractivity contribution in [3.8, 4) is 28.3 Å². The van der Waals surface area contributed by atoms with Crippen LogP contribution in [0.3, 0.4) is 0 Å². The standard InChI is InChI=1S/C25H14ClF3N6O/c26-19-8-3-16(4-9-19)21-13-32-35-23(22(21)17-5-10-20(11-30)31-12-17)33-34(24(35)36)14-15-1-6-18(7-2-15)25(27,28)29/h1-10,12-13H,14H2. The highest BCUT2D eigenvalue weighted by Crippen LogP contribution is 2.34. The number of aromatic nitrogens is 5. The molecule has 0 aliphatic heterocycles. The molecule has 36 heavy (non-hydrogen) atoms. The monoisotopic (exact) mass is 506 g/mol. The van der Waals surface area contributed by atoms with E-state index in [1.807, 2.05) is 6.07 Å². The summed E-state index contributed by atoms with van der Waals surface area (Å²) < 4.78 is 40.9. The number of benzene rings is 2.